The van der Waals surface area contributed by atoms with Gasteiger partial charge >= 0.3 is 0 Å². The van der Waals surface area contributed by atoms with Crippen molar-refractivity contribution in [2.75, 3.05) is 13.1 Å². The van der Waals surface area contributed by atoms with Gasteiger partial charge in [0.05, 0.1) is 18.2 Å². The van der Waals surface area contributed by atoms with Crippen molar-refractivity contribution in [3.8, 4) is 6.07 Å². The number of aliphatic hydroxyl groups is 1. The summed E-state index contributed by atoms with van der Waals surface area (Å²) in [5.74, 6) is 2.80. The average molecular weight is 331 g/mol. The van der Waals surface area contributed by atoms with E-state index in [0.717, 1.165) is 50.4 Å². The molecule has 1 amide bonds. The van der Waals surface area contributed by atoms with Crippen LogP contribution in [0.4, 0.5) is 0 Å². The van der Waals surface area contributed by atoms with E-state index in [4.69, 9.17) is 5.26 Å². The van der Waals surface area contributed by atoms with Crippen molar-refractivity contribution in [3.63, 3.8) is 0 Å². The topological polar surface area (TPSA) is 76.4 Å². The minimum absolute atomic E-state index is 0.0433. The Hall–Kier alpha value is -1.12. The number of nitrogens with zero attached hydrogens (tertiary/aromatic N) is 2. The molecule has 4 aliphatic rings. The van der Waals surface area contributed by atoms with Crippen LogP contribution in [0.2, 0.25) is 0 Å². The van der Waals surface area contributed by atoms with Gasteiger partial charge in [0.15, 0.2) is 0 Å². The van der Waals surface area contributed by atoms with Crippen molar-refractivity contribution in [2.24, 2.45) is 23.7 Å². The Morgan fingerprint density at radius 3 is 2.96 bits per heavy atom. The summed E-state index contributed by atoms with van der Waals surface area (Å²) >= 11 is 0. The second kappa shape index (κ2) is 6.00. The number of likely N-dealkylation sites (tertiary alicyclic amines) is 1. The van der Waals surface area contributed by atoms with Gasteiger partial charge in [-0.3, -0.25) is 4.79 Å². The zero-order valence-electron chi connectivity index (χ0n) is 14.6. The first-order chi connectivity index (χ1) is 11.5. The summed E-state index contributed by atoms with van der Waals surface area (Å²) in [4.78, 5) is 14.2. The highest BCUT2D eigenvalue weighted by molar-refractivity contribution is 5.79. The third-order valence-corrected chi connectivity index (χ3v) is 7.36. The van der Waals surface area contributed by atoms with Crippen molar-refractivity contribution in [2.45, 2.75) is 69.6 Å². The predicted molar refractivity (Wildman–Crippen MR) is 89.8 cm³/mol. The fraction of sp³-hybridized carbons (Fsp3) is 0.895. The molecule has 2 bridgehead atoms. The van der Waals surface area contributed by atoms with Crippen LogP contribution in [0, 0.1) is 35.0 Å². The number of hydrogen-bond acceptors (Lipinski definition) is 4. The maximum Gasteiger partial charge on any atom is 0.237 e. The molecule has 7 atom stereocenters. The van der Waals surface area contributed by atoms with E-state index in [1.165, 1.54) is 6.42 Å². The van der Waals surface area contributed by atoms with E-state index >= 15 is 0 Å². The molecule has 1 heterocycles. The first-order valence-electron chi connectivity index (χ1n) is 9.69. The van der Waals surface area contributed by atoms with Gasteiger partial charge in [0.2, 0.25) is 5.91 Å². The summed E-state index contributed by atoms with van der Waals surface area (Å²) in [6, 6.07) is 2.22. The molecule has 1 saturated heterocycles. The molecule has 132 valence electrons. The first-order valence-corrected chi connectivity index (χ1v) is 9.69. The van der Waals surface area contributed by atoms with Crippen LogP contribution in [0.1, 0.15) is 51.9 Å². The molecule has 5 heteroatoms. The van der Waals surface area contributed by atoms with Crippen LogP contribution in [0.25, 0.3) is 0 Å². The molecule has 0 spiro atoms. The lowest BCUT2D eigenvalue weighted by Crippen LogP contribution is -2.52. The van der Waals surface area contributed by atoms with Crippen LogP contribution < -0.4 is 5.32 Å². The highest BCUT2D eigenvalue weighted by Gasteiger charge is 2.59. The molecule has 4 rings (SSSR count). The second-order valence-electron chi connectivity index (χ2n) is 8.59. The SMILES string of the molecule is CCC1C(NCC(=O)N2CCC[C@H]2C#N)CC2(O)CC3CC1C3C2. The van der Waals surface area contributed by atoms with Crippen molar-refractivity contribution in [3.05, 3.63) is 0 Å². The molecule has 0 aromatic heterocycles. The van der Waals surface area contributed by atoms with Gasteiger partial charge in [-0.2, -0.15) is 5.26 Å². The van der Waals surface area contributed by atoms with Gasteiger partial charge in [-0.1, -0.05) is 13.3 Å². The van der Waals surface area contributed by atoms with Crippen molar-refractivity contribution in [1.29, 1.82) is 5.26 Å². The molecule has 0 aromatic rings. The summed E-state index contributed by atoms with van der Waals surface area (Å²) in [6.45, 7) is 3.25. The van der Waals surface area contributed by atoms with Gasteiger partial charge in [-0.25, -0.2) is 0 Å². The number of rotatable bonds is 4. The van der Waals surface area contributed by atoms with Gasteiger partial charge in [0.25, 0.3) is 0 Å². The zero-order chi connectivity index (χ0) is 16.9. The largest absolute Gasteiger partial charge is 0.390 e. The summed E-state index contributed by atoms with van der Waals surface area (Å²) in [7, 11) is 0. The monoisotopic (exact) mass is 331 g/mol. The van der Waals surface area contributed by atoms with Crippen LogP contribution >= 0.6 is 0 Å². The number of hydrogen-bond donors (Lipinski definition) is 2. The Morgan fingerprint density at radius 1 is 1.38 bits per heavy atom. The number of fused-ring (bicyclic) bond motifs is 1. The molecule has 0 radical (unpaired) electrons. The highest BCUT2D eigenvalue weighted by Crippen LogP contribution is 2.61. The number of amides is 1. The lowest BCUT2D eigenvalue weighted by atomic mass is 9.59. The standard InChI is InChI=1S/C19H29N3O2/c1-2-14-15-6-12-7-19(24,8-16(12)15)9-17(14)21-11-18(23)22-5-3-4-13(22)10-20/h12-17,21,24H,2-9,11H2,1H3/t12?,13-,14?,15?,16?,17?,19?/m0/s1. The summed E-state index contributed by atoms with van der Waals surface area (Å²) < 4.78 is 0. The van der Waals surface area contributed by atoms with Crippen LogP contribution in [0.15, 0.2) is 0 Å². The molecule has 24 heavy (non-hydrogen) atoms. The van der Waals surface area contributed by atoms with Gasteiger partial charge in [-0.05, 0) is 62.2 Å². The van der Waals surface area contributed by atoms with E-state index in [1.54, 1.807) is 4.90 Å². The van der Waals surface area contributed by atoms with Crippen molar-refractivity contribution < 1.29 is 9.90 Å². The fourth-order valence-electron chi connectivity index (χ4n) is 6.26. The molecule has 0 aromatic carbocycles. The molecule has 3 saturated carbocycles. The van der Waals surface area contributed by atoms with Crippen LogP contribution in [0.3, 0.4) is 0 Å². The number of carbonyl (C=O) groups excluding carboxylic acids is 1. The summed E-state index contributed by atoms with van der Waals surface area (Å²) in [5.41, 5.74) is -0.516. The van der Waals surface area contributed by atoms with Crippen molar-refractivity contribution >= 4 is 5.91 Å². The van der Waals surface area contributed by atoms with Gasteiger partial charge in [-0.15, -0.1) is 0 Å². The summed E-state index contributed by atoms with van der Waals surface area (Å²) in [6.07, 6.45) is 6.81. The quantitative estimate of drug-likeness (QED) is 0.821. The Bertz CT molecular complexity index is 559. The Kier molecular flexibility index (Phi) is 4.09. The van der Waals surface area contributed by atoms with Crippen molar-refractivity contribution in [1.82, 2.24) is 10.2 Å². The minimum Gasteiger partial charge on any atom is -0.390 e. The number of carbonyl (C=O) groups is 1. The lowest BCUT2D eigenvalue weighted by Gasteiger charge is -2.48. The number of nitrogens with one attached hydrogen (secondary N) is 1. The molecule has 5 nitrogen and oxygen atoms in total. The fourth-order valence-corrected chi connectivity index (χ4v) is 6.26. The zero-order valence-corrected chi connectivity index (χ0v) is 14.6. The van der Waals surface area contributed by atoms with E-state index < -0.39 is 5.60 Å². The average Bonchev–Trinajstić information content (AvgIpc) is 3.09. The highest BCUT2D eigenvalue weighted by atomic mass is 16.3. The van der Waals surface area contributed by atoms with Crippen LogP contribution in [-0.4, -0.2) is 46.7 Å². The van der Waals surface area contributed by atoms with Gasteiger partial charge in [0, 0.05) is 12.6 Å². The molecule has 1 aliphatic heterocycles. The maximum absolute atomic E-state index is 12.5. The summed E-state index contributed by atoms with van der Waals surface area (Å²) in [5, 5.41) is 23.6. The second-order valence-corrected chi connectivity index (χ2v) is 8.59. The smallest absolute Gasteiger partial charge is 0.237 e. The third-order valence-electron chi connectivity index (χ3n) is 7.36. The molecule has 3 aliphatic carbocycles. The molecular formula is C19H29N3O2. The Balaban J connectivity index is 1.41. The lowest BCUT2D eigenvalue weighted by molar-refractivity contribution is -0.130. The van der Waals surface area contributed by atoms with Gasteiger partial charge < -0.3 is 15.3 Å². The normalized spacial score (nSPS) is 46.3. The molecule has 4 fully saturated rings. The van der Waals surface area contributed by atoms with Crippen LogP contribution in [0.5, 0.6) is 0 Å². The predicted octanol–water partition coefficient (Wildman–Crippen LogP) is 1.67. The maximum atomic E-state index is 12.5. The molecule has 2 N–H and O–H groups in total. The molecule has 6 unspecified atom stereocenters. The van der Waals surface area contributed by atoms with E-state index in [1.807, 2.05) is 0 Å². The van der Waals surface area contributed by atoms with Crippen LogP contribution in [-0.2, 0) is 4.79 Å². The van der Waals surface area contributed by atoms with E-state index in [0.29, 0.717) is 24.9 Å². The number of nitriles is 1. The van der Waals surface area contributed by atoms with Gasteiger partial charge in [0.1, 0.15) is 6.04 Å². The van der Waals surface area contributed by atoms with E-state index in [9.17, 15) is 9.90 Å². The molecular weight excluding hydrogens is 302 g/mol. The Labute approximate surface area is 144 Å². The Morgan fingerprint density at radius 2 is 2.21 bits per heavy atom. The first kappa shape index (κ1) is 16.4. The minimum atomic E-state index is -0.516. The van der Waals surface area contributed by atoms with E-state index in [-0.39, 0.29) is 18.0 Å². The van der Waals surface area contributed by atoms with E-state index in [2.05, 4.69) is 18.3 Å². The third kappa shape index (κ3) is 2.55.